The molecule has 0 amide bonds. The number of fused-ring (bicyclic) bond motifs is 1. The van der Waals surface area contributed by atoms with E-state index in [1.165, 1.54) is 0 Å². The molecule has 3 aromatic rings. The average molecular weight is 374 g/mol. The highest BCUT2D eigenvalue weighted by Crippen LogP contribution is 2.36. The maximum atomic E-state index is 6.32. The van der Waals surface area contributed by atoms with Crippen LogP contribution in [0.1, 0.15) is 0 Å². The van der Waals surface area contributed by atoms with Crippen LogP contribution in [-0.4, -0.2) is 9.55 Å². The Kier molecular flexibility index (Phi) is 3.43. The topological polar surface area (TPSA) is 20.7 Å². The first kappa shape index (κ1) is 13.2. The number of imidazole rings is 1. The van der Waals surface area contributed by atoms with E-state index in [2.05, 4.69) is 20.9 Å². The van der Waals surface area contributed by atoms with E-state index >= 15 is 0 Å². The second kappa shape index (κ2) is 4.94. The molecule has 1 N–H and O–H groups in total. The van der Waals surface area contributed by atoms with Crippen molar-refractivity contribution in [3.8, 4) is 5.69 Å². The Hall–Kier alpha value is -0.810. The van der Waals surface area contributed by atoms with Crippen LogP contribution in [0.2, 0.25) is 10.0 Å². The zero-order valence-corrected chi connectivity index (χ0v) is 13.4. The summed E-state index contributed by atoms with van der Waals surface area (Å²) in [6.07, 6.45) is 0. The van der Waals surface area contributed by atoms with Crippen LogP contribution >= 0.6 is 51.3 Å². The van der Waals surface area contributed by atoms with Gasteiger partial charge in [-0.15, -0.1) is 0 Å². The largest absolute Gasteiger partial charge is 0.330 e. The number of H-pyrrole nitrogens is 1. The van der Waals surface area contributed by atoms with Gasteiger partial charge in [-0.1, -0.05) is 35.3 Å². The Morgan fingerprint density at radius 1 is 1.05 bits per heavy atom. The summed E-state index contributed by atoms with van der Waals surface area (Å²) >= 11 is 21.2. The fourth-order valence-corrected chi connectivity index (χ4v) is 3.14. The van der Waals surface area contributed by atoms with Gasteiger partial charge in [-0.25, -0.2) is 0 Å². The number of benzene rings is 2. The van der Waals surface area contributed by atoms with Gasteiger partial charge in [0.1, 0.15) is 0 Å². The van der Waals surface area contributed by atoms with E-state index in [9.17, 15) is 0 Å². The second-order valence-corrected chi connectivity index (χ2v) is 5.97. The predicted octanol–water partition coefficient (Wildman–Crippen LogP) is 5.76. The van der Waals surface area contributed by atoms with Crippen LogP contribution in [0, 0.1) is 4.77 Å². The molecule has 0 bridgehead atoms. The molecule has 1 aromatic heterocycles. The van der Waals surface area contributed by atoms with Crippen molar-refractivity contribution in [2.75, 3.05) is 0 Å². The molecular formula is C13H7BrCl2N2S. The number of para-hydroxylation sites is 2. The first-order valence-electron chi connectivity index (χ1n) is 5.43. The standard InChI is InChI=1S/C13H7BrCl2N2S/c14-7-5-6-10(12(16)11(7)15)18-9-4-2-1-3-8(9)17-13(18)19/h1-6H,(H,17,19). The van der Waals surface area contributed by atoms with Gasteiger partial charge in [-0.05, 0) is 52.4 Å². The second-order valence-electron chi connectivity index (χ2n) is 3.98. The van der Waals surface area contributed by atoms with Crippen molar-refractivity contribution in [2.45, 2.75) is 0 Å². The summed E-state index contributed by atoms with van der Waals surface area (Å²) in [5.41, 5.74) is 2.69. The summed E-state index contributed by atoms with van der Waals surface area (Å²) in [6.45, 7) is 0. The fraction of sp³-hybridized carbons (Fsp3) is 0. The SMILES string of the molecule is S=c1[nH]c2ccccc2n1-c1ccc(Br)c(Cl)c1Cl. The maximum absolute atomic E-state index is 6.32. The van der Waals surface area contributed by atoms with Crippen molar-refractivity contribution in [2.24, 2.45) is 0 Å². The Labute approximate surface area is 133 Å². The highest BCUT2D eigenvalue weighted by atomic mass is 79.9. The number of aromatic amines is 1. The molecule has 0 aliphatic carbocycles. The molecule has 0 radical (unpaired) electrons. The molecule has 2 aromatic carbocycles. The lowest BCUT2D eigenvalue weighted by Crippen LogP contribution is -1.95. The number of hydrogen-bond donors (Lipinski definition) is 1. The third-order valence-corrected chi connectivity index (χ3v) is 4.89. The minimum atomic E-state index is 0.469. The first-order chi connectivity index (χ1) is 9.09. The van der Waals surface area contributed by atoms with Gasteiger partial charge in [0.05, 0.1) is 26.8 Å². The smallest absolute Gasteiger partial charge is 0.182 e. The molecule has 1 heterocycles. The van der Waals surface area contributed by atoms with Crippen LogP contribution in [-0.2, 0) is 0 Å². The van der Waals surface area contributed by atoms with Gasteiger partial charge in [0, 0.05) is 4.47 Å². The molecule has 0 atom stereocenters. The highest BCUT2D eigenvalue weighted by Gasteiger charge is 2.13. The zero-order valence-electron chi connectivity index (χ0n) is 9.45. The van der Waals surface area contributed by atoms with Crippen LogP contribution in [0.5, 0.6) is 0 Å². The molecule has 96 valence electrons. The summed E-state index contributed by atoms with van der Waals surface area (Å²) < 4.78 is 3.22. The van der Waals surface area contributed by atoms with Crippen LogP contribution in [0.25, 0.3) is 16.7 Å². The third-order valence-electron chi connectivity index (χ3n) is 2.85. The van der Waals surface area contributed by atoms with Gasteiger partial charge in [-0.2, -0.15) is 0 Å². The van der Waals surface area contributed by atoms with Gasteiger partial charge in [0.2, 0.25) is 0 Å². The van der Waals surface area contributed by atoms with E-state index < -0.39 is 0 Å². The fourth-order valence-electron chi connectivity index (χ4n) is 1.98. The van der Waals surface area contributed by atoms with Crippen molar-refractivity contribution in [3.05, 3.63) is 55.7 Å². The number of nitrogens with zero attached hydrogens (tertiary/aromatic N) is 1. The van der Waals surface area contributed by atoms with Gasteiger partial charge in [0.15, 0.2) is 4.77 Å². The lowest BCUT2D eigenvalue weighted by molar-refractivity contribution is 1.06. The van der Waals surface area contributed by atoms with E-state index in [1.807, 2.05) is 41.0 Å². The van der Waals surface area contributed by atoms with Crippen LogP contribution in [0.3, 0.4) is 0 Å². The molecule has 0 saturated heterocycles. The predicted molar refractivity (Wildman–Crippen MR) is 86.2 cm³/mol. The lowest BCUT2D eigenvalue weighted by Gasteiger charge is -2.09. The number of rotatable bonds is 1. The third kappa shape index (κ3) is 2.13. The number of hydrogen-bond acceptors (Lipinski definition) is 1. The lowest BCUT2D eigenvalue weighted by atomic mass is 10.3. The van der Waals surface area contributed by atoms with Crippen molar-refractivity contribution in [1.82, 2.24) is 9.55 Å². The molecule has 3 rings (SSSR count). The molecule has 0 fully saturated rings. The van der Waals surface area contributed by atoms with Gasteiger partial charge in [-0.3, -0.25) is 4.57 Å². The quantitative estimate of drug-likeness (QED) is 0.425. The summed E-state index contributed by atoms with van der Waals surface area (Å²) in [6, 6.07) is 11.6. The Bertz CT molecular complexity index is 838. The van der Waals surface area contributed by atoms with Crippen molar-refractivity contribution in [1.29, 1.82) is 0 Å². The minimum absolute atomic E-state index is 0.469. The molecule has 0 saturated carbocycles. The molecule has 6 heteroatoms. The first-order valence-corrected chi connectivity index (χ1v) is 7.39. The van der Waals surface area contributed by atoms with E-state index in [4.69, 9.17) is 35.4 Å². The van der Waals surface area contributed by atoms with Gasteiger partial charge < -0.3 is 4.98 Å². The van der Waals surface area contributed by atoms with Crippen molar-refractivity contribution >= 4 is 62.4 Å². The molecule has 19 heavy (non-hydrogen) atoms. The normalized spacial score (nSPS) is 11.1. The summed E-state index contributed by atoms with van der Waals surface area (Å²) in [7, 11) is 0. The minimum Gasteiger partial charge on any atom is -0.330 e. The van der Waals surface area contributed by atoms with E-state index in [0.717, 1.165) is 21.2 Å². The Morgan fingerprint density at radius 2 is 1.79 bits per heavy atom. The van der Waals surface area contributed by atoms with Gasteiger partial charge in [0.25, 0.3) is 0 Å². The summed E-state index contributed by atoms with van der Waals surface area (Å²) in [5, 5.41) is 0.947. The van der Waals surface area contributed by atoms with Crippen LogP contribution in [0.4, 0.5) is 0 Å². The van der Waals surface area contributed by atoms with E-state index in [0.29, 0.717) is 14.8 Å². The molecular weight excluding hydrogens is 367 g/mol. The molecule has 0 aliphatic rings. The number of nitrogens with one attached hydrogen (secondary N) is 1. The van der Waals surface area contributed by atoms with Crippen LogP contribution < -0.4 is 0 Å². The average Bonchev–Trinajstić information content (AvgIpc) is 2.73. The summed E-state index contributed by atoms with van der Waals surface area (Å²) in [5.74, 6) is 0. The van der Waals surface area contributed by atoms with Crippen molar-refractivity contribution in [3.63, 3.8) is 0 Å². The molecule has 2 nitrogen and oxygen atoms in total. The summed E-state index contributed by atoms with van der Waals surface area (Å²) in [4.78, 5) is 3.15. The maximum Gasteiger partial charge on any atom is 0.182 e. The van der Waals surface area contributed by atoms with Gasteiger partial charge >= 0.3 is 0 Å². The Balaban J connectivity index is 2.40. The molecule has 0 spiro atoms. The van der Waals surface area contributed by atoms with E-state index in [1.54, 1.807) is 0 Å². The van der Waals surface area contributed by atoms with Crippen molar-refractivity contribution < 1.29 is 0 Å². The van der Waals surface area contributed by atoms with E-state index in [-0.39, 0.29) is 0 Å². The highest BCUT2D eigenvalue weighted by molar-refractivity contribution is 9.10. The number of aromatic nitrogens is 2. The number of halogens is 3. The molecule has 0 aliphatic heterocycles. The zero-order chi connectivity index (χ0) is 13.6. The molecule has 0 unspecified atom stereocenters. The Morgan fingerprint density at radius 3 is 2.58 bits per heavy atom. The van der Waals surface area contributed by atoms with Crippen LogP contribution in [0.15, 0.2) is 40.9 Å². The monoisotopic (exact) mass is 372 g/mol.